The van der Waals surface area contributed by atoms with Crippen molar-refractivity contribution < 1.29 is 15.2 Å². The van der Waals surface area contributed by atoms with Crippen LogP contribution in [0.15, 0.2) is 22.4 Å². The highest BCUT2D eigenvalue weighted by molar-refractivity contribution is 7.81. The third-order valence-electron chi connectivity index (χ3n) is 2.00. The Bertz CT molecular complexity index is 481. The van der Waals surface area contributed by atoms with E-state index in [2.05, 4.69) is 12.6 Å². The first-order valence-corrected chi connectivity index (χ1v) is 5.22. The standard InChI is InChI=1S/C8H7BO3S2/c10-6-3-5(9(11)12)7(13)8-4(6)1-2-14-8/h1-3,10-13H. The molecule has 0 amide bonds. The van der Waals surface area contributed by atoms with E-state index in [9.17, 15) is 5.11 Å². The van der Waals surface area contributed by atoms with E-state index < -0.39 is 7.12 Å². The monoisotopic (exact) mass is 226 g/mol. The summed E-state index contributed by atoms with van der Waals surface area (Å²) in [6.07, 6.45) is 0. The normalized spacial score (nSPS) is 10.8. The molecule has 0 unspecified atom stereocenters. The topological polar surface area (TPSA) is 60.7 Å². The molecule has 0 spiro atoms. The van der Waals surface area contributed by atoms with E-state index in [4.69, 9.17) is 10.0 Å². The largest absolute Gasteiger partial charge is 0.507 e. The second kappa shape index (κ2) is 3.47. The van der Waals surface area contributed by atoms with E-state index in [1.807, 2.05) is 5.38 Å². The summed E-state index contributed by atoms with van der Waals surface area (Å²) in [5.41, 5.74) is 0.223. The Balaban J connectivity index is 2.82. The van der Waals surface area contributed by atoms with Gasteiger partial charge in [0.1, 0.15) is 5.75 Å². The Labute approximate surface area is 90.2 Å². The first-order valence-electron chi connectivity index (χ1n) is 3.89. The van der Waals surface area contributed by atoms with Crippen LogP contribution in [0.5, 0.6) is 5.75 Å². The van der Waals surface area contributed by atoms with Gasteiger partial charge in [-0.1, -0.05) is 0 Å². The van der Waals surface area contributed by atoms with E-state index in [0.717, 1.165) is 4.70 Å². The van der Waals surface area contributed by atoms with Gasteiger partial charge in [0.25, 0.3) is 0 Å². The summed E-state index contributed by atoms with van der Waals surface area (Å²) in [5.74, 6) is 0.0437. The van der Waals surface area contributed by atoms with Crippen LogP contribution in [0.1, 0.15) is 0 Å². The lowest BCUT2D eigenvalue weighted by atomic mass is 9.80. The molecule has 1 heterocycles. The highest BCUT2D eigenvalue weighted by atomic mass is 32.1. The Morgan fingerprint density at radius 3 is 2.71 bits per heavy atom. The molecule has 14 heavy (non-hydrogen) atoms. The molecule has 0 fully saturated rings. The maximum absolute atomic E-state index is 9.56. The number of thiol groups is 1. The minimum absolute atomic E-state index is 0.0437. The molecule has 0 saturated carbocycles. The zero-order chi connectivity index (χ0) is 10.3. The average Bonchev–Trinajstić information content (AvgIpc) is 2.59. The number of aromatic hydroxyl groups is 1. The van der Waals surface area contributed by atoms with Crippen molar-refractivity contribution in [1.82, 2.24) is 0 Å². The van der Waals surface area contributed by atoms with Gasteiger partial charge in [-0.15, -0.1) is 24.0 Å². The summed E-state index contributed by atoms with van der Waals surface area (Å²) in [6, 6.07) is 3.09. The lowest BCUT2D eigenvalue weighted by Crippen LogP contribution is -2.31. The maximum Gasteiger partial charge on any atom is 0.489 e. The van der Waals surface area contributed by atoms with Crippen molar-refractivity contribution in [2.24, 2.45) is 0 Å². The van der Waals surface area contributed by atoms with Crippen LogP contribution in [-0.4, -0.2) is 22.3 Å². The number of rotatable bonds is 1. The van der Waals surface area contributed by atoms with Gasteiger partial charge >= 0.3 is 7.12 Å². The van der Waals surface area contributed by atoms with Crippen molar-refractivity contribution in [3.05, 3.63) is 17.5 Å². The van der Waals surface area contributed by atoms with Gasteiger partial charge in [-0.25, -0.2) is 0 Å². The molecular formula is C8H7BO3S2. The summed E-state index contributed by atoms with van der Waals surface area (Å²) < 4.78 is 0.761. The van der Waals surface area contributed by atoms with E-state index in [1.165, 1.54) is 17.4 Å². The number of phenolic OH excluding ortho intramolecular Hbond substituents is 1. The number of thiophene rings is 1. The third-order valence-corrected chi connectivity index (χ3v) is 3.57. The van der Waals surface area contributed by atoms with Crippen LogP contribution in [0.3, 0.4) is 0 Å². The van der Waals surface area contributed by atoms with Crippen LogP contribution < -0.4 is 5.46 Å². The number of phenols is 1. The lowest BCUT2D eigenvalue weighted by molar-refractivity contribution is 0.424. The van der Waals surface area contributed by atoms with Crippen molar-refractivity contribution in [3.63, 3.8) is 0 Å². The minimum Gasteiger partial charge on any atom is -0.507 e. The van der Waals surface area contributed by atoms with Gasteiger partial charge in [0.15, 0.2) is 0 Å². The van der Waals surface area contributed by atoms with Gasteiger partial charge in [-0.05, 0) is 17.5 Å². The van der Waals surface area contributed by atoms with Crippen molar-refractivity contribution in [2.45, 2.75) is 4.90 Å². The first-order chi connectivity index (χ1) is 6.61. The van der Waals surface area contributed by atoms with Gasteiger partial charge in [-0.2, -0.15) is 0 Å². The van der Waals surface area contributed by atoms with Crippen LogP contribution in [0.4, 0.5) is 0 Å². The first kappa shape index (κ1) is 9.85. The van der Waals surface area contributed by atoms with Crippen molar-refractivity contribution in [2.75, 3.05) is 0 Å². The summed E-state index contributed by atoms with van der Waals surface area (Å²) in [6.45, 7) is 0. The SMILES string of the molecule is OB(O)c1cc(O)c2ccsc2c1S. The molecule has 3 nitrogen and oxygen atoms in total. The molecule has 0 bridgehead atoms. The number of hydrogen-bond donors (Lipinski definition) is 4. The molecule has 3 N–H and O–H groups in total. The molecule has 0 radical (unpaired) electrons. The van der Waals surface area contributed by atoms with E-state index in [1.54, 1.807) is 6.07 Å². The van der Waals surface area contributed by atoms with Crippen LogP contribution in [0.25, 0.3) is 10.1 Å². The Morgan fingerprint density at radius 2 is 2.07 bits per heavy atom. The fourth-order valence-corrected chi connectivity index (χ4v) is 2.64. The Kier molecular flexibility index (Phi) is 2.44. The smallest absolute Gasteiger partial charge is 0.489 e. The maximum atomic E-state index is 9.56. The number of benzene rings is 1. The highest BCUT2D eigenvalue weighted by Gasteiger charge is 2.19. The Hall–Kier alpha value is -0.685. The molecule has 2 rings (SSSR count). The van der Waals surface area contributed by atoms with Gasteiger partial charge in [0.05, 0.1) is 4.70 Å². The van der Waals surface area contributed by atoms with Gasteiger partial charge in [-0.3, -0.25) is 0 Å². The molecule has 0 saturated heterocycles. The molecule has 1 aromatic heterocycles. The average molecular weight is 226 g/mol. The summed E-state index contributed by atoms with van der Waals surface area (Å²) in [4.78, 5) is 0.503. The van der Waals surface area contributed by atoms with Crippen LogP contribution >= 0.6 is 24.0 Å². The molecular weight excluding hydrogens is 219 g/mol. The summed E-state index contributed by atoms with van der Waals surface area (Å²) in [7, 11) is -1.61. The van der Waals surface area contributed by atoms with Crippen molar-refractivity contribution in [3.8, 4) is 5.75 Å². The summed E-state index contributed by atoms with van der Waals surface area (Å²) in [5, 5.41) is 30.1. The minimum atomic E-state index is -1.61. The molecule has 2 aromatic rings. The summed E-state index contributed by atoms with van der Waals surface area (Å²) >= 11 is 5.60. The van der Waals surface area contributed by atoms with Crippen LogP contribution in [-0.2, 0) is 0 Å². The fraction of sp³-hybridized carbons (Fsp3) is 0. The van der Waals surface area contributed by atoms with E-state index in [0.29, 0.717) is 10.3 Å². The zero-order valence-corrected chi connectivity index (χ0v) is 8.72. The lowest BCUT2D eigenvalue weighted by Gasteiger charge is -2.06. The second-order valence-corrected chi connectivity index (χ2v) is 4.23. The van der Waals surface area contributed by atoms with Crippen molar-refractivity contribution >= 4 is 46.6 Å². The molecule has 6 heteroatoms. The Morgan fingerprint density at radius 1 is 1.36 bits per heavy atom. The highest BCUT2D eigenvalue weighted by Crippen LogP contribution is 2.32. The van der Waals surface area contributed by atoms with Crippen LogP contribution in [0.2, 0.25) is 0 Å². The molecule has 72 valence electrons. The number of hydrogen-bond acceptors (Lipinski definition) is 5. The zero-order valence-electron chi connectivity index (χ0n) is 7.01. The molecule has 0 aliphatic carbocycles. The molecule has 0 aliphatic rings. The molecule has 1 aromatic carbocycles. The third kappa shape index (κ3) is 1.40. The fourth-order valence-electron chi connectivity index (χ4n) is 1.32. The van der Waals surface area contributed by atoms with Gasteiger partial charge < -0.3 is 15.2 Å². The predicted molar refractivity (Wildman–Crippen MR) is 60.6 cm³/mol. The van der Waals surface area contributed by atoms with Gasteiger partial charge in [0.2, 0.25) is 0 Å². The number of fused-ring (bicyclic) bond motifs is 1. The van der Waals surface area contributed by atoms with Gasteiger partial charge in [0, 0.05) is 15.7 Å². The van der Waals surface area contributed by atoms with Crippen molar-refractivity contribution in [1.29, 1.82) is 0 Å². The second-order valence-electron chi connectivity index (χ2n) is 2.87. The van der Waals surface area contributed by atoms with Crippen LogP contribution in [0, 0.1) is 0 Å². The van der Waals surface area contributed by atoms with E-state index >= 15 is 0 Å². The van der Waals surface area contributed by atoms with E-state index in [-0.39, 0.29) is 11.2 Å². The molecule has 0 atom stereocenters. The quantitative estimate of drug-likeness (QED) is 0.425. The predicted octanol–water partition coefficient (Wildman–Crippen LogP) is 0.575. The molecule has 0 aliphatic heterocycles.